The van der Waals surface area contributed by atoms with E-state index in [4.69, 9.17) is 68.5 Å². The molecule has 404 valence electrons. The average molecular weight is 1110 g/mol. The molecule has 0 fully saturated rings. The summed E-state index contributed by atoms with van der Waals surface area (Å²) in [6.07, 6.45) is 4.26. The van der Waals surface area contributed by atoms with Gasteiger partial charge in [0, 0.05) is 52.9 Å². The van der Waals surface area contributed by atoms with E-state index in [1.165, 1.54) is 70.6 Å². The molecule has 20 nitrogen and oxygen atoms in total. The van der Waals surface area contributed by atoms with Gasteiger partial charge in [-0.15, -0.1) is 0 Å². The highest BCUT2D eigenvalue weighted by Crippen LogP contribution is 2.24. The van der Waals surface area contributed by atoms with Crippen molar-refractivity contribution in [3.8, 4) is 0 Å². The van der Waals surface area contributed by atoms with Crippen LogP contribution in [0.4, 0.5) is 0 Å². The molecule has 0 aliphatic rings. The fourth-order valence-corrected chi connectivity index (χ4v) is 9.45. The summed E-state index contributed by atoms with van der Waals surface area (Å²) in [5.74, 6) is -1.70. The fraction of sp³-hybridized carbons (Fsp3) is 0.860. The minimum atomic E-state index is -0.885. The highest BCUT2D eigenvalue weighted by Gasteiger charge is 2.34. The molecular formula is C43H76O20S6. The standard InChI is InChI=1S/C43H76O20S6/c44-36(45)22-64-16-2-10-58-30-42(31-59-11-3-17-65-23-37(46)47,32-60-12-4-18-66-24-38(48)49)28-56-8-1-9-57-29-43(33-61-13-5-19-67-25-39(50)51,34-62-14-6-20-68-26-40(52)53)35-63-15-7-21-69-27-41(54)55/h1-35H2,(H,44,45)(H,46,47)(H,48,49)(H,50,51)(H,52,53)(H,54,55). The second-order valence-electron chi connectivity index (χ2n) is 15.6. The van der Waals surface area contributed by atoms with Crippen molar-refractivity contribution in [2.24, 2.45) is 10.8 Å². The van der Waals surface area contributed by atoms with Crippen molar-refractivity contribution in [1.82, 2.24) is 0 Å². The molecule has 0 spiro atoms. The predicted molar refractivity (Wildman–Crippen MR) is 274 cm³/mol. The number of thioether (sulfide) groups is 6. The Morgan fingerprint density at radius 2 is 0.406 bits per heavy atom. The second kappa shape index (κ2) is 47.6. The highest BCUT2D eigenvalue weighted by atomic mass is 32.2. The van der Waals surface area contributed by atoms with E-state index in [1.54, 1.807) is 0 Å². The van der Waals surface area contributed by atoms with Gasteiger partial charge in [0.25, 0.3) is 0 Å². The van der Waals surface area contributed by atoms with Crippen LogP contribution in [0.1, 0.15) is 44.9 Å². The predicted octanol–water partition coefficient (Wildman–Crippen LogP) is 4.73. The Labute approximate surface area is 431 Å². The molecular weight excluding hydrogens is 1030 g/mol. The number of carboxylic acid groups (broad SMARTS) is 6. The van der Waals surface area contributed by atoms with Gasteiger partial charge < -0.3 is 68.5 Å². The van der Waals surface area contributed by atoms with E-state index in [1.807, 2.05) is 0 Å². The number of aliphatic carboxylic acids is 6. The Morgan fingerprint density at radius 3 is 0.551 bits per heavy atom. The van der Waals surface area contributed by atoms with Crippen molar-refractivity contribution in [3.63, 3.8) is 0 Å². The molecule has 0 saturated carbocycles. The van der Waals surface area contributed by atoms with Crippen molar-refractivity contribution >= 4 is 106 Å². The van der Waals surface area contributed by atoms with Gasteiger partial charge in [0.05, 0.1) is 98.2 Å². The van der Waals surface area contributed by atoms with Gasteiger partial charge in [-0.05, 0) is 79.5 Å². The molecule has 0 unspecified atom stereocenters. The van der Waals surface area contributed by atoms with Gasteiger partial charge in [-0.2, -0.15) is 70.6 Å². The molecule has 0 aromatic carbocycles. The third-order valence-electron chi connectivity index (χ3n) is 8.66. The molecule has 0 radical (unpaired) electrons. The lowest BCUT2D eigenvalue weighted by atomic mass is 9.92. The van der Waals surface area contributed by atoms with Crippen molar-refractivity contribution in [3.05, 3.63) is 0 Å². The van der Waals surface area contributed by atoms with Crippen LogP contribution in [-0.2, 0) is 66.7 Å². The summed E-state index contributed by atoms with van der Waals surface area (Å²) in [5, 5.41) is 53.8. The minimum absolute atomic E-state index is 0.000348. The van der Waals surface area contributed by atoms with Gasteiger partial charge in [-0.1, -0.05) is 0 Å². The maximum Gasteiger partial charge on any atom is 0.313 e. The van der Waals surface area contributed by atoms with Gasteiger partial charge in [0.1, 0.15) is 0 Å². The van der Waals surface area contributed by atoms with E-state index in [0.29, 0.717) is 132 Å². The molecule has 69 heavy (non-hydrogen) atoms. The molecule has 0 saturated heterocycles. The smallest absolute Gasteiger partial charge is 0.313 e. The Bertz CT molecular complexity index is 1100. The van der Waals surface area contributed by atoms with Crippen LogP contribution in [0, 0.1) is 10.8 Å². The minimum Gasteiger partial charge on any atom is -0.481 e. The summed E-state index contributed by atoms with van der Waals surface area (Å²) < 4.78 is 49.2. The lowest BCUT2D eigenvalue weighted by Gasteiger charge is -2.33. The summed E-state index contributed by atoms with van der Waals surface area (Å²) in [5.41, 5.74) is -1.49. The van der Waals surface area contributed by atoms with E-state index in [9.17, 15) is 28.8 Å². The van der Waals surface area contributed by atoms with Crippen molar-refractivity contribution in [2.45, 2.75) is 44.9 Å². The third kappa shape index (κ3) is 47.4. The van der Waals surface area contributed by atoms with Crippen molar-refractivity contribution < 1.29 is 97.3 Å². The zero-order valence-corrected chi connectivity index (χ0v) is 44.5. The van der Waals surface area contributed by atoms with Crippen LogP contribution in [0.15, 0.2) is 0 Å². The van der Waals surface area contributed by atoms with Gasteiger partial charge in [-0.3, -0.25) is 28.8 Å². The molecule has 6 N–H and O–H groups in total. The zero-order chi connectivity index (χ0) is 51.1. The first-order chi connectivity index (χ1) is 33.2. The monoisotopic (exact) mass is 1100 g/mol. The first kappa shape index (κ1) is 67.6. The largest absolute Gasteiger partial charge is 0.481 e. The number of rotatable bonds is 56. The molecule has 0 aromatic rings. The second-order valence-corrected chi connectivity index (χ2v) is 22.2. The van der Waals surface area contributed by atoms with Crippen molar-refractivity contribution in [2.75, 3.05) is 175 Å². The Kier molecular flexibility index (Phi) is 46.6. The molecule has 0 bridgehead atoms. The first-order valence-electron chi connectivity index (χ1n) is 22.6. The van der Waals surface area contributed by atoms with Gasteiger partial charge >= 0.3 is 35.8 Å². The number of ether oxygens (including phenoxy) is 8. The van der Waals surface area contributed by atoms with Crippen LogP contribution in [0.3, 0.4) is 0 Å². The van der Waals surface area contributed by atoms with Crippen LogP contribution < -0.4 is 0 Å². The normalized spacial score (nSPS) is 11.8. The SMILES string of the molecule is O=C(O)CSCCCOCC(COCCCOCC(COCCCSCC(=O)O)(COCCCSCC(=O)O)COCCCSCC(=O)O)(COCCCSCC(=O)O)COCCCSCC(=O)O. The number of hydrogen-bond donors (Lipinski definition) is 6. The molecule has 0 amide bonds. The molecule has 0 aliphatic carbocycles. The van der Waals surface area contributed by atoms with Gasteiger partial charge in [0.2, 0.25) is 0 Å². The van der Waals surface area contributed by atoms with E-state index in [0.717, 1.165) is 0 Å². The van der Waals surface area contributed by atoms with Gasteiger partial charge in [-0.25, -0.2) is 0 Å². The summed E-state index contributed by atoms with van der Waals surface area (Å²) in [7, 11) is 0. The van der Waals surface area contributed by atoms with Crippen molar-refractivity contribution in [1.29, 1.82) is 0 Å². The number of carboxylic acids is 6. The molecule has 26 heteroatoms. The van der Waals surface area contributed by atoms with E-state index < -0.39 is 46.6 Å². The van der Waals surface area contributed by atoms with E-state index in [2.05, 4.69) is 0 Å². The summed E-state index contributed by atoms with van der Waals surface area (Å²) in [6, 6.07) is 0. The topological polar surface area (TPSA) is 298 Å². The van der Waals surface area contributed by atoms with E-state index >= 15 is 0 Å². The molecule has 0 heterocycles. The fourth-order valence-electron chi connectivity index (χ4n) is 5.61. The number of carbonyl (C=O) groups is 6. The molecule has 0 rings (SSSR count). The number of hydrogen-bond acceptors (Lipinski definition) is 20. The van der Waals surface area contributed by atoms with E-state index in [-0.39, 0.29) is 87.4 Å². The van der Waals surface area contributed by atoms with Crippen LogP contribution in [0.2, 0.25) is 0 Å². The highest BCUT2D eigenvalue weighted by molar-refractivity contribution is 8.01. The molecule has 0 aromatic heterocycles. The molecule has 0 aliphatic heterocycles. The Morgan fingerprint density at radius 1 is 0.261 bits per heavy atom. The maximum atomic E-state index is 10.9. The van der Waals surface area contributed by atoms with Crippen LogP contribution in [0.25, 0.3) is 0 Å². The Hall–Kier alpha value is -1.40. The van der Waals surface area contributed by atoms with Crippen LogP contribution in [-0.4, -0.2) is 241 Å². The first-order valence-corrected chi connectivity index (χ1v) is 29.5. The quantitative estimate of drug-likeness (QED) is 0.0449. The lowest BCUT2D eigenvalue weighted by molar-refractivity contribution is -0.134. The zero-order valence-electron chi connectivity index (χ0n) is 39.6. The average Bonchev–Trinajstić information content (AvgIpc) is 3.28. The van der Waals surface area contributed by atoms with Crippen LogP contribution in [0.5, 0.6) is 0 Å². The van der Waals surface area contributed by atoms with Crippen LogP contribution >= 0.6 is 70.6 Å². The molecule has 0 atom stereocenters. The maximum absolute atomic E-state index is 10.9. The lowest BCUT2D eigenvalue weighted by Crippen LogP contribution is -2.42. The summed E-state index contributed by atoms with van der Waals surface area (Å²) in [6.45, 7) is 4.51. The summed E-state index contributed by atoms with van der Waals surface area (Å²) in [4.78, 5) is 65.6. The third-order valence-corrected chi connectivity index (χ3v) is 14.8. The van der Waals surface area contributed by atoms with Gasteiger partial charge in [0.15, 0.2) is 0 Å². The Balaban J connectivity index is 5.82. The summed E-state index contributed by atoms with van der Waals surface area (Å²) >= 11 is 7.81.